The van der Waals surface area contributed by atoms with Crippen molar-refractivity contribution in [3.8, 4) is 0 Å². The highest BCUT2D eigenvalue weighted by Crippen LogP contribution is 1.90. The van der Waals surface area contributed by atoms with Gasteiger partial charge in [-0.25, -0.2) is 8.42 Å². The Bertz CT molecular complexity index is 233. The van der Waals surface area contributed by atoms with Crippen molar-refractivity contribution in [1.29, 1.82) is 0 Å². The van der Waals surface area contributed by atoms with Crippen molar-refractivity contribution in [2.24, 2.45) is 0 Å². The van der Waals surface area contributed by atoms with Crippen molar-refractivity contribution in [3.05, 3.63) is 12.0 Å². The van der Waals surface area contributed by atoms with Crippen molar-refractivity contribution >= 4 is 9.84 Å². The molecule has 0 aromatic carbocycles. The predicted molar refractivity (Wildman–Crippen MR) is 55.9 cm³/mol. The fourth-order valence-corrected chi connectivity index (χ4v) is 1.24. The van der Waals surface area contributed by atoms with E-state index in [1.807, 2.05) is 6.92 Å². The fraction of sp³-hybridized carbons (Fsp3) is 0.778. The zero-order valence-electron chi connectivity index (χ0n) is 8.57. The van der Waals surface area contributed by atoms with E-state index in [-0.39, 0.29) is 12.4 Å². The number of sulfone groups is 1. The van der Waals surface area contributed by atoms with Gasteiger partial charge in [-0.15, -0.1) is 0 Å². The van der Waals surface area contributed by atoms with Crippen molar-refractivity contribution in [2.75, 3.05) is 32.2 Å². The predicted octanol–water partition coefficient (Wildman–Crippen LogP) is 0.988. The van der Waals surface area contributed by atoms with Gasteiger partial charge in [-0.1, -0.05) is 13.5 Å². The number of hydrogen-bond donors (Lipinski definition) is 0. The summed E-state index contributed by atoms with van der Waals surface area (Å²) in [6.45, 7) is 7.10. The molecule has 0 aliphatic carbocycles. The molecule has 0 bridgehead atoms. The van der Waals surface area contributed by atoms with E-state index < -0.39 is 9.84 Å². The highest BCUT2D eigenvalue weighted by Gasteiger charge is 2.03. The highest BCUT2D eigenvalue weighted by atomic mass is 32.2. The third kappa shape index (κ3) is 8.22. The summed E-state index contributed by atoms with van der Waals surface area (Å²) < 4.78 is 32.0. The van der Waals surface area contributed by atoms with Gasteiger partial charge in [-0.3, -0.25) is 0 Å². The zero-order valence-corrected chi connectivity index (χ0v) is 9.38. The fourth-order valence-electron chi connectivity index (χ4n) is 0.725. The first-order chi connectivity index (χ1) is 6.62. The van der Waals surface area contributed by atoms with E-state index >= 15 is 0 Å². The van der Waals surface area contributed by atoms with Gasteiger partial charge in [0.05, 0.1) is 25.6 Å². The Morgan fingerprint density at radius 3 is 2.21 bits per heavy atom. The van der Waals surface area contributed by atoms with Gasteiger partial charge in [0.2, 0.25) is 0 Å². The van der Waals surface area contributed by atoms with E-state index in [0.717, 1.165) is 11.8 Å². The molecule has 0 amide bonds. The maximum Gasteiger partial charge on any atom is 0.173 e. The topological polar surface area (TPSA) is 52.6 Å². The number of rotatable bonds is 9. The minimum atomic E-state index is -3.12. The molecule has 0 aromatic heterocycles. The Kier molecular flexibility index (Phi) is 7.74. The smallest absolute Gasteiger partial charge is 0.173 e. The molecule has 0 aliphatic heterocycles. The van der Waals surface area contributed by atoms with Crippen LogP contribution < -0.4 is 0 Å². The molecule has 4 nitrogen and oxygen atoms in total. The molecule has 0 radical (unpaired) electrons. The van der Waals surface area contributed by atoms with Crippen molar-refractivity contribution in [3.63, 3.8) is 0 Å². The van der Waals surface area contributed by atoms with Gasteiger partial charge in [0, 0.05) is 12.0 Å². The van der Waals surface area contributed by atoms with Crippen LogP contribution in [0.15, 0.2) is 12.0 Å². The first kappa shape index (κ1) is 13.6. The molecule has 0 spiro atoms. The molecular formula is C9H18O4S. The maximum absolute atomic E-state index is 10.9. The molecule has 0 unspecified atom stereocenters. The van der Waals surface area contributed by atoms with Crippen LogP contribution in [-0.4, -0.2) is 40.6 Å². The van der Waals surface area contributed by atoms with Crippen LogP contribution in [0.3, 0.4) is 0 Å². The monoisotopic (exact) mass is 222 g/mol. The van der Waals surface area contributed by atoms with Crippen LogP contribution in [0.25, 0.3) is 0 Å². The first-order valence-corrected chi connectivity index (χ1v) is 6.34. The molecule has 0 aliphatic rings. The van der Waals surface area contributed by atoms with Crippen molar-refractivity contribution < 1.29 is 17.9 Å². The van der Waals surface area contributed by atoms with Crippen molar-refractivity contribution in [2.45, 2.75) is 13.3 Å². The summed E-state index contributed by atoms with van der Waals surface area (Å²) in [5.74, 6) is -0.00965. The average molecular weight is 222 g/mol. The quantitative estimate of drug-likeness (QED) is 0.546. The Balaban J connectivity index is 3.26. The molecular weight excluding hydrogens is 204 g/mol. The lowest BCUT2D eigenvalue weighted by Gasteiger charge is -2.03. The Morgan fingerprint density at radius 1 is 1.14 bits per heavy atom. The van der Waals surface area contributed by atoms with Crippen LogP contribution >= 0.6 is 0 Å². The summed E-state index contributed by atoms with van der Waals surface area (Å²) in [6.07, 6.45) is 0.977. The van der Waals surface area contributed by atoms with Gasteiger partial charge in [-0.05, 0) is 6.42 Å². The molecule has 0 aromatic rings. The van der Waals surface area contributed by atoms with Gasteiger partial charge >= 0.3 is 0 Å². The van der Waals surface area contributed by atoms with Gasteiger partial charge in [0.15, 0.2) is 9.84 Å². The van der Waals surface area contributed by atoms with Gasteiger partial charge in [-0.2, -0.15) is 0 Å². The average Bonchev–Trinajstić information content (AvgIpc) is 2.16. The number of ether oxygens (including phenoxy) is 2. The second-order valence-electron chi connectivity index (χ2n) is 2.76. The standard InChI is InChI=1S/C9H18O4S/c1-3-5-12-6-7-13-8-9-14(10,11)4-2/h4H,2-3,5-9H2,1H3. The molecule has 0 atom stereocenters. The third-order valence-electron chi connectivity index (χ3n) is 1.49. The minimum absolute atomic E-state index is 0.00965. The third-order valence-corrected chi connectivity index (χ3v) is 2.73. The summed E-state index contributed by atoms with van der Waals surface area (Å²) in [5.41, 5.74) is 0. The minimum Gasteiger partial charge on any atom is -0.379 e. The molecule has 0 fully saturated rings. The summed E-state index contributed by atoms with van der Waals surface area (Å²) in [4.78, 5) is 0. The second-order valence-corrected chi connectivity index (χ2v) is 4.83. The molecule has 5 heteroatoms. The molecule has 0 saturated heterocycles. The van der Waals surface area contributed by atoms with E-state index in [0.29, 0.717) is 19.8 Å². The van der Waals surface area contributed by atoms with Crippen LogP contribution in [0, 0.1) is 0 Å². The zero-order chi connectivity index (χ0) is 10.9. The van der Waals surface area contributed by atoms with Crippen LogP contribution in [0.2, 0.25) is 0 Å². The molecule has 14 heavy (non-hydrogen) atoms. The molecule has 84 valence electrons. The summed E-state index contributed by atoms with van der Waals surface area (Å²) in [6, 6.07) is 0. The second kappa shape index (κ2) is 7.96. The number of hydrogen-bond acceptors (Lipinski definition) is 4. The molecule has 0 saturated carbocycles. The van der Waals surface area contributed by atoms with E-state index in [1.165, 1.54) is 0 Å². The lowest BCUT2D eigenvalue weighted by Crippen LogP contribution is -2.12. The van der Waals surface area contributed by atoms with E-state index in [4.69, 9.17) is 9.47 Å². The summed E-state index contributed by atoms with van der Waals surface area (Å²) in [5, 5.41) is 0.948. The van der Waals surface area contributed by atoms with Crippen LogP contribution in [0.4, 0.5) is 0 Å². The maximum atomic E-state index is 10.9. The van der Waals surface area contributed by atoms with E-state index in [9.17, 15) is 8.42 Å². The van der Waals surface area contributed by atoms with Crippen LogP contribution in [0.5, 0.6) is 0 Å². The highest BCUT2D eigenvalue weighted by molar-refractivity contribution is 7.94. The summed E-state index contributed by atoms with van der Waals surface area (Å²) in [7, 11) is -3.12. The summed E-state index contributed by atoms with van der Waals surface area (Å²) >= 11 is 0. The Hall–Kier alpha value is -0.390. The molecule has 0 N–H and O–H groups in total. The molecule has 0 heterocycles. The Morgan fingerprint density at radius 2 is 1.71 bits per heavy atom. The first-order valence-electron chi connectivity index (χ1n) is 4.63. The SMILES string of the molecule is C=CS(=O)(=O)CCOCCOCCC. The Labute approximate surface area is 85.8 Å². The lowest BCUT2D eigenvalue weighted by atomic mass is 10.5. The normalized spacial score (nSPS) is 11.5. The largest absolute Gasteiger partial charge is 0.379 e. The van der Waals surface area contributed by atoms with E-state index in [1.54, 1.807) is 0 Å². The lowest BCUT2D eigenvalue weighted by molar-refractivity contribution is 0.0538. The van der Waals surface area contributed by atoms with Gasteiger partial charge in [0.25, 0.3) is 0 Å². The molecule has 0 rings (SSSR count). The van der Waals surface area contributed by atoms with Gasteiger partial charge in [0.1, 0.15) is 0 Å². The van der Waals surface area contributed by atoms with Crippen molar-refractivity contribution in [1.82, 2.24) is 0 Å². The van der Waals surface area contributed by atoms with Crippen LogP contribution in [-0.2, 0) is 19.3 Å². The van der Waals surface area contributed by atoms with E-state index in [2.05, 4.69) is 6.58 Å². The van der Waals surface area contributed by atoms with Gasteiger partial charge < -0.3 is 9.47 Å². The van der Waals surface area contributed by atoms with Crippen LogP contribution in [0.1, 0.15) is 13.3 Å².